The van der Waals surface area contributed by atoms with Crippen molar-refractivity contribution in [3.05, 3.63) is 41.3 Å². The molecule has 0 N–H and O–H groups in total. The first-order valence-electron chi connectivity index (χ1n) is 6.04. The first-order valence-corrected chi connectivity index (χ1v) is 6.42. The molecule has 1 aromatic carbocycles. The van der Waals surface area contributed by atoms with E-state index < -0.39 is 0 Å². The largest absolute Gasteiger partial charge is 0.334 e. The predicted molar refractivity (Wildman–Crippen MR) is 70.2 cm³/mol. The lowest BCUT2D eigenvalue weighted by Gasteiger charge is -2.19. The Morgan fingerprint density at radius 3 is 3.12 bits per heavy atom. The van der Waals surface area contributed by atoms with Crippen molar-refractivity contribution in [2.24, 2.45) is 5.92 Å². The van der Waals surface area contributed by atoms with Crippen molar-refractivity contribution in [3.63, 3.8) is 0 Å². The van der Waals surface area contributed by atoms with Crippen LogP contribution in [0.4, 0.5) is 0 Å². The van der Waals surface area contributed by atoms with Gasteiger partial charge in [0.1, 0.15) is 5.82 Å². The molecule has 88 valence electrons. The van der Waals surface area contributed by atoms with Crippen LogP contribution in [0, 0.1) is 5.92 Å². The molecule has 0 fully saturated rings. The van der Waals surface area contributed by atoms with E-state index in [1.54, 1.807) is 0 Å². The molecule has 3 heteroatoms. The maximum absolute atomic E-state index is 6.01. The van der Waals surface area contributed by atoms with E-state index in [4.69, 9.17) is 16.6 Å². The topological polar surface area (TPSA) is 17.8 Å². The molecule has 0 amide bonds. The number of nitrogens with zero attached hydrogens (tertiary/aromatic N) is 2. The molecule has 0 aliphatic carbocycles. The van der Waals surface area contributed by atoms with E-state index in [9.17, 15) is 0 Å². The Kier molecular flexibility index (Phi) is 2.67. The van der Waals surface area contributed by atoms with E-state index in [-0.39, 0.29) is 0 Å². The zero-order valence-electron chi connectivity index (χ0n) is 9.86. The molecule has 1 aliphatic heterocycles. The second kappa shape index (κ2) is 4.19. The van der Waals surface area contributed by atoms with Crippen LogP contribution in [0.15, 0.2) is 30.5 Å². The van der Waals surface area contributed by atoms with Crippen LogP contribution in [0.3, 0.4) is 0 Å². The Morgan fingerprint density at radius 2 is 2.29 bits per heavy atom. The third-order valence-corrected chi connectivity index (χ3v) is 3.58. The highest BCUT2D eigenvalue weighted by molar-refractivity contribution is 6.30. The summed E-state index contributed by atoms with van der Waals surface area (Å²) in [5.41, 5.74) is 2.14. The van der Waals surface area contributed by atoms with Crippen molar-refractivity contribution in [2.45, 2.75) is 26.3 Å². The fourth-order valence-corrected chi connectivity index (χ4v) is 2.59. The summed E-state index contributed by atoms with van der Waals surface area (Å²) < 4.78 is 2.28. The van der Waals surface area contributed by atoms with Gasteiger partial charge in [-0.05, 0) is 24.5 Å². The van der Waals surface area contributed by atoms with Crippen LogP contribution in [-0.4, -0.2) is 9.55 Å². The highest BCUT2D eigenvalue weighted by Gasteiger charge is 2.17. The average molecular weight is 247 g/mol. The van der Waals surface area contributed by atoms with E-state index in [2.05, 4.69) is 23.8 Å². The zero-order valence-corrected chi connectivity index (χ0v) is 10.6. The molecule has 0 radical (unpaired) electrons. The molecule has 0 saturated carbocycles. The van der Waals surface area contributed by atoms with Crippen molar-refractivity contribution in [3.8, 4) is 11.3 Å². The van der Waals surface area contributed by atoms with Crippen LogP contribution in [0.2, 0.25) is 5.02 Å². The van der Waals surface area contributed by atoms with Gasteiger partial charge in [-0.25, -0.2) is 4.98 Å². The van der Waals surface area contributed by atoms with Gasteiger partial charge < -0.3 is 4.57 Å². The molecule has 17 heavy (non-hydrogen) atoms. The number of rotatable bonds is 1. The van der Waals surface area contributed by atoms with Crippen molar-refractivity contribution >= 4 is 11.6 Å². The molecule has 3 rings (SSSR count). The van der Waals surface area contributed by atoms with Crippen LogP contribution < -0.4 is 0 Å². The maximum atomic E-state index is 6.01. The van der Waals surface area contributed by atoms with Crippen LogP contribution in [0.5, 0.6) is 0 Å². The van der Waals surface area contributed by atoms with Gasteiger partial charge in [-0.15, -0.1) is 0 Å². The van der Waals surface area contributed by atoms with Crippen LogP contribution in [0.25, 0.3) is 11.3 Å². The molecule has 1 unspecified atom stereocenters. The van der Waals surface area contributed by atoms with Crippen LogP contribution in [-0.2, 0) is 13.0 Å². The Bertz CT molecular complexity index is 545. The molecule has 1 aromatic heterocycles. The standard InChI is InChI=1S/C14H15ClN2/c1-10-5-6-14-16-13(9-17(14)8-10)11-3-2-4-12(15)7-11/h2-4,7,9-10H,5-6,8H2,1H3. The van der Waals surface area contributed by atoms with E-state index in [0.717, 1.165) is 35.2 Å². The summed E-state index contributed by atoms with van der Waals surface area (Å²) in [7, 11) is 0. The minimum absolute atomic E-state index is 0.754. The van der Waals surface area contributed by atoms with E-state index >= 15 is 0 Å². The number of halogens is 1. The van der Waals surface area contributed by atoms with E-state index in [1.807, 2.05) is 18.2 Å². The lowest BCUT2D eigenvalue weighted by atomic mass is 10.0. The monoisotopic (exact) mass is 246 g/mol. The summed E-state index contributed by atoms with van der Waals surface area (Å²) in [4.78, 5) is 4.70. The molecule has 0 spiro atoms. The molecule has 2 nitrogen and oxygen atoms in total. The minimum Gasteiger partial charge on any atom is -0.334 e. The van der Waals surface area contributed by atoms with Crippen molar-refractivity contribution in [2.75, 3.05) is 0 Å². The van der Waals surface area contributed by atoms with Crippen LogP contribution >= 0.6 is 11.6 Å². The Hall–Kier alpha value is -1.28. The number of fused-ring (bicyclic) bond motifs is 1. The highest BCUT2D eigenvalue weighted by Crippen LogP contribution is 2.26. The number of hydrogen-bond acceptors (Lipinski definition) is 1. The number of imidazole rings is 1. The fourth-order valence-electron chi connectivity index (χ4n) is 2.40. The number of benzene rings is 1. The maximum Gasteiger partial charge on any atom is 0.109 e. The quantitative estimate of drug-likeness (QED) is 0.749. The average Bonchev–Trinajstić information content (AvgIpc) is 2.72. The highest BCUT2D eigenvalue weighted by atomic mass is 35.5. The molecular formula is C14H15ClN2. The number of aromatic nitrogens is 2. The first kappa shape index (κ1) is 10.8. The molecule has 0 bridgehead atoms. The predicted octanol–water partition coefficient (Wildman–Crippen LogP) is 3.79. The fraction of sp³-hybridized carbons (Fsp3) is 0.357. The van der Waals surface area contributed by atoms with Gasteiger partial charge in [-0.3, -0.25) is 0 Å². The van der Waals surface area contributed by atoms with Crippen molar-refractivity contribution in [1.82, 2.24) is 9.55 Å². The molecule has 0 saturated heterocycles. The van der Waals surface area contributed by atoms with E-state index in [0.29, 0.717) is 0 Å². The number of aryl methyl sites for hydroxylation is 1. The molecule has 2 aromatic rings. The van der Waals surface area contributed by atoms with Gasteiger partial charge in [0.05, 0.1) is 5.69 Å². The normalized spacial score (nSPS) is 19.1. The Morgan fingerprint density at radius 1 is 1.41 bits per heavy atom. The van der Waals surface area contributed by atoms with Gasteiger partial charge in [-0.2, -0.15) is 0 Å². The second-order valence-corrected chi connectivity index (χ2v) is 5.29. The third-order valence-electron chi connectivity index (χ3n) is 3.35. The van der Waals surface area contributed by atoms with Gasteiger partial charge in [0.15, 0.2) is 0 Å². The minimum atomic E-state index is 0.754. The zero-order chi connectivity index (χ0) is 11.8. The van der Waals surface area contributed by atoms with Crippen molar-refractivity contribution in [1.29, 1.82) is 0 Å². The number of hydrogen-bond donors (Lipinski definition) is 0. The molecule has 2 heterocycles. The summed E-state index contributed by atoms with van der Waals surface area (Å²) >= 11 is 6.01. The summed E-state index contributed by atoms with van der Waals surface area (Å²) in [5.74, 6) is 1.96. The summed E-state index contributed by atoms with van der Waals surface area (Å²) in [6.07, 6.45) is 4.48. The summed E-state index contributed by atoms with van der Waals surface area (Å²) in [5, 5.41) is 0.766. The smallest absolute Gasteiger partial charge is 0.109 e. The van der Waals surface area contributed by atoms with Crippen LogP contribution in [0.1, 0.15) is 19.2 Å². The molecular weight excluding hydrogens is 232 g/mol. The lowest BCUT2D eigenvalue weighted by molar-refractivity contribution is 0.394. The summed E-state index contributed by atoms with van der Waals surface area (Å²) in [6, 6.07) is 7.89. The van der Waals surface area contributed by atoms with Gasteiger partial charge in [0.25, 0.3) is 0 Å². The molecule has 1 aliphatic rings. The Labute approximate surface area is 106 Å². The third kappa shape index (κ3) is 2.09. The lowest BCUT2D eigenvalue weighted by Crippen LogP contribution is -2.17. The van der Waals surface area contributed by atoms with Gasteiger partial charge >= 0.3 is 0 Å². The summed E-state index contributed by atoms with van der Waals surface area (Å²) in [6.45, 7) is 3.38. The van der Waals surface area contributed by atoms with Gasteiger partial charge in [-0.1, -0.05) is 30.7 Å². The van der Waals surface area contributed by atoms with Crippen molar-refractivity contribution < 1.29 is 0 Å². The first-order chi connectivity index (χ1) is 8.22. The van der Waals surface area contributed by atoms with Gasteiger partial charge in [0.2, 0.25) is 0 Å². The Balaban J connectivity index is 2.00. The SMILES string of the molecule is CC1CCc2nc(-c3cccc(Cl)c3)cn2C1. The second-order valence-electron chi connectivity index (χ2n) is 4.85. The van der Waals surface area contributed by atoms with E-state index in [1.165, 1.54) is 12.2 Å². The molecule has 1 atom stereocenters. The van der Waals surface area contributed by atoms with Gasteiger partial charge in [0, 0.05) is 29.7 Å².